The number of rotatable bonds is 5. The number of hydrogen-bond acceptors (Lipinski definition) is 5. The van der Waals surface area contributed by atoms with E-state index in [2.05, 4.69) is 20.2 Å². The molecule has 0 aliphatic heterocycles. The predicted octanol–water partition coefficient (Wildman–Crippen LogP) is 2.59. The molecule has 6 heteroatoms. The van der Waals surface area contributed by atoms with Gasteiger partial charge >= 0.3 is 0 Å². The molecule has 3 aromatic rings. The molecule has 1 N–H and O–H groups in total. The van der Waals surface area contributed by atoms with Crippen molar-refractivity contribution in [3.63, 3.8) is 0 Å². The first-order chi connectivity index (χ1) is 10.2. The molecular weight excluding hydrogens is 268 g/mol. The van der Waals surface area contributed by atoms with Crippen LogP contribution in [0.5, 0.6) is 11.6 Å². The van der Waals surface area contributed by atoms with Crippen LogP contribution in [0.4, 0.5) is 0 Å². The maximum absolute atomic E-state index is 5.87. The molecule has 2 unspecified atom stereocenters. The lowest BCUT2D eigenvalue weighted by Crippen LogP contribution is -2.31. The Morgan fingerprint density at radius 2 is 1.76 bits per heavy atom. The van der Waals surface area contributed by atoms with Crippen LogP contribution in [0.2, 0.25) is 0 Å². The first-order valence-corrected chi connectivity index (χ1v) is 6.76. The Kier molecular flexibility index (Phi) is 3.68. The molecule has 0 saturated heterocycles. The number of fused-ring (bicyclic) bond motifs is 1. The summed E-state index contributed by atoms with van der Waals surface area (Å²) in [6.45, 7) is 3.90. The highest BCUT2D eigenvalue weighted by molar-refractivity contribution is 5.77. The molecule has 108 valence electrons. The lowest BCUT2D eigenvalue weighted by atomic mass is 10.2. The van der Waals surface area contributed by atoms with Crippen molar-refractivity contribution in [2.45, 2.75) is 26.1 Å². The van der Waals surface area contributed by atoms with Crippen LogP contribution in [0.1, 0.15) is 13.8 Å². The first kappa shape index (κ1) is 13.4. The normalized spacial score (nSPS) is 13.8. The highest BCUT2D eigenvalue weighted by Crippen LogP contribution is 2.21. The maximum Gasteiger partial charge on any atom is 0.243 e. The number of ether oxygens (including phenoxy) is 2. The molecule has 0 aliphatic rings. The van der Waals surface area contributed by atoms with Gasteiger partial charge < -0.3 is 9.47 Å². The molecule has 0 spiro atoms. The fraction of sp³-hybridized carbons (Fsp3) is 0.267. The largest absolute Gasteiger partial charge is 0.487 e. The van der Waals surface area contributed by atoms with E-state index in [1.54, 1.807) is 6.20 Å². The van der Waals surface area contributed by atoms with Crippen LogP contribution in [-0.2, 0) is 0 Å². The van der Waals surface area contributed by atoms with Crippen molar-refractivity contribution in [2.75, 3.05) is 0 Å². The van der Waals surface area contributed by atoms with Crippen molar-refractivity contribution in [3.05, 3.63) is 42.9 Å². The molecule has 2 atom stereocenters. The minimum atomic E-state index is -0.174. The van der Waals surface area contributed by atoms with Crippen LogP contribution in [0.25, 0.3) is 11.0 Å². The van der Waals surface area contributed by atoms with E-state index in [9.17, 15) is 0 Å². The van der Waals surface area contributed by atoms with Crippen molar-refractivity contribution in [1.82, 2.24) is 20.2 Å². The van der Waals surface area contributed by atoms with Gasteiger partial charge in [0.25, 0.3) is 0 Å². The average Bonchev–Trinajstić information content (AvgIpc) is 2.98. The highest BCUT2D eigenvalue weighted by Gasteiger charge is 2.18. The molecule has 1 aromatic carbocycles. The maximum atomic E-state index is 5.87. The van der Waals surface area contributed by atoms with Gasteiger partial charge in [-0.15, -0.1) is 0 Å². The molecule has 0 amide bonds. The monoisotopic (exact) mass is 284 g/mol. The zero-order valence-electron chi connectivity index (χ0n) is 11.9. The standard InChI is InChI=1S/C15H16N4O2/c1-10(20-12-6-4-3-5-7-12)11(2)21-15-14-13(8-18-19-14)16-9-17-15/h3-11H,1-2H3,(H,18,19). The van der Waals surface area contributed by atoms with Crippen molar-refractivity contribution in [2.24, 2.45) is 0 Å². The van der Waals surface area contributed by atoms with Crippen molar-refractivity contribution in [3.8, 4) is 11.6 Å². The molecule has 0 bridgehead atoms. The molecular formula is C15H16N4O2. The van der Waals surface area contributed by atoms with E-state index in [-0.39, 0.29) is 12.2 Å². The van der Waals surface area contributed by atoms with Gasteiger partial charge in [0.1, 0.15) is 35.3 Å². The van der Waals surface area contributed by atoms with E-state index >= 15 is 0 Å². The van der Waals surface area contributed by atoms with Crippen molar-refractivity contribution >= 4 is 11.0 Å². The molecule has 0 aliphatic carbocycles. The van der Waals surface area contributed by atoms with E-state index in [1.165, 1.54) is 6.33 Å². The number of aromatic amines is 1. The van der Waals surface area contributed by atoms with Crippen LogP contribution in [-0.4, -0.2) is 32.4 Å². The van der Waals surface area contributed by atoms with Crippen LogP contribution in [0.15, 0.2) is 42.9 Å². The van der Waals surface area contributed by atoms with Gasteiger partial charge in [-0.1, -0.05) is 18.2 Å². The van der Waals surface area contributed by atoms with Gasteiger partial charge in [0.15, 0.2) is 0 Å². The van der Waals surface area contributed by atoms with Gasteiger partial charge in [-0.25, -0.2) is 4.98 Å². The molecule has 3 rings (SSSR count). The van der Waals surface area contributed by atoms with Crippen LogP contribution in [0, 0.1) is 0 Å². The van der Waals surface area contributed by atoms with E-state index in [4.69, 9.17) is 9.47 Å². The summed E-state index contributed by atoms with van der Waals surface area (Å²) in [4.78, 5) is 8.25. The van der Waals surface area contributed by atoms with Gasteiger partial charge in [-0.3, -0.25) is 5.10 Å². The third kappa shape index (κ3) is 2.94. The lowest BCUT2D eigenvalue weighted by molar-refractivity contribution is 0.0756. The summed E-state index contributed by atoms with van der Waals surface area (Å²) in [5.41, 5.74) is 1.42. The summed E-state index contributed by atoms with van der Waals surface area (Å²) >= 11 is 0. The predicted molar refractivity (Wildman–Crippen MR) is 78.3 cm³/mol. The average molecular weight is 284 g/mol. The van der Waals surface area contributed by atoms with E-state index in [0.29, 0.717) is 11.4 Å². The molecule has 0 fully saturated rings. The Morgan fingerprint density at radius 1 is 1.00 bits per heavy atom. The quantitative estimate of drug-likeness (QED) is 0.779. The molecule has 0 radical (unpaired) electrons. The summed E-state index contributed by atoms with van der Waals surface area (Å²) in [6.07, 6.45) is 2.80. The number of para-hydroxylation sites is 1. The third-order valence-electron chi connectivity index (χ3n) is 3.23. The summed E-state index contributed by atoms with van der Waals surface area (Å²) in [6, 6.07) is 9.66. The second kappa shape index (κ2) is 5.78. The van der Waals surface area contributed by atoms with Crippen LogP contribution >= 0.6 is 0 Å². The number of H-pyrrole nitrogens is 1. The lowest BCUT2D eigenvalue weighted by Gasteiger charge is -2.22. The fourth-order valence-corrected chi connectivity index (χ4v) is 1.91. The summed E-state index contributed by atoms with van der Waals surface area (Å²) in [7, 11) is 0. The number of hydrogen-bond donors (Lipinski definition) is 1. The van der Waals surface area contributed by atoms with Gasteiger partial charge in [-0.05, 0) is 26.0 Å². The van der Waals surface area contributed by atoms with E-state index in [0.717, 1.165) is 11.3 Å². The molecule has 2 aromatic heterocycles. The van der Waals surface area contributed by atoms with Crippen molar-refractivity contribution in [1.29, 1.82) is 0 Å². The van der Waals surface area contributed by atoms with E-state index < -0.39 is 0 Å². The number of nitrogens with one attached hydrogen (secondary N) is 1. The van der Waals surface area contributed by atoms with Gasteiger partial charge in [-0.2, -0.15) is 10.1 Å². The fourth-order valence-electron chi connectivity index (χ4n) is 1.91. The van der Waals surface area contributed by atoms with Crippen LogP contribution in [0.3, 0.4) is 0 Å². The Hall–Kier alpha value is -2.63. The second-order valence-electron chi connectivity index (χ2n) is 4.77. The van der Waals surface area contributed by atoms with Gasteiger partial charge in [0.2, 0.25) is 5.88 Å². The van der Waals surface area contributed by atoms with Crippen LogP contribution < -0.4 is 9.47 Å². The second-order valence-corrected chi connectivity index (χ2v) is 4.77. The minimum absolute atomic E-state index is 0.125. The van der Waals surface area contributed by atoms with Crippen molar-refractivity contribution < 1.29 is 9.47 Å². The van der Waals surface area contributed by atoms with Gasteiger partial charge in [0.05, 0.1) is 6.20 Å². The third-order valence-corrected chi connectivity index (χ3v) is 3.23. The minimum Gasteiger partial charge on any atom is -0.487 e. The van der Waals surface area contributed by atoms with Gasteiger partial charge in [0, 0.05) is 0 Å². The number of benzene rings is 1. The molecule has 2 heterocycles. The Labute approximate surface area is 122 Å². The molecule has 6 nitrogen and oxygen atoms in total. The zero-order chi connectivity index (χ0) is 14.7. The zero-order valence-corrected chi connectivity index (χ0v) is 11.9. The first-order valence-electron chi connectivity index (χ1n) is 6.76. The SMILES string of the molecule is CC(Oc1ccccc1)C(C)Oc1ncnc2cn[nH]c12. The Morgan fingerprint density at radius 3 is 2.57 bits per heavy atom. The van der Waals surface area contributed by atoms with E-state index in [1.807, 2.05) is 44.2 Å². The number of nitrogens with zero attached hydrogens (tertiary/aromatic N) is 3. The highest BCUT2D eigenvalue weighted by atomic mass is 16.5. The summed E-state index contributed by atoms with van der Waals surface area (Å²) < 4.78 is 11.7. The topological polar surface area (TPSA) is 72.9 Å². The Bertz CT molecular complexity index is 714. The number of aromatic nitrogens is 4. The summed E-state index contributed by atoms with van der Waals surface area (Å²) in [5, 5.41) is 6.78. The Balaban J connectivity index is 1.71. The summed E-state index contributed by atoms with van der Waals surface area (Å²) in [5.74, 6) is 1.29. The molecule has 0 saturated carbocycles. The smallest absolute Gasteiger partial charge is 0.243 e. The molecule has 21 heavy (non-hydrogen) atoms.